The third kappa shape index (κ3) is 8.73. The van der Waals surface area contributed by atoms with Gasteiger partial charge in [-0.1, -0.05) is 48.0 Å². The smallest absolute Gasteiger partial charge is 0.272 e. The van der Waals surface area contributed by atoms with E-state index in [-0.39, 0.29) is 17.4 Å². The van der Waals surface area contributed by atoms with Crippen LogP contribution in [0.4, 0.5) is 11.4 Å². The summed E-state index contributed by atoms with van der Waals surface area (Å²) in [6, 6.07) is 28.3. The van der Waals surface area contributed by atoms with Gasteiger partial charge in [0.25, 0.3) is 11.8 Å². The average molecular weight is 586 g/mol. The van der Waals surface area contributed by atoms with Gasteiger partial charge in [-0.3, -0.25) is 14.4 Å². The van der Waals surface area contributed by atoms with Gasteiger partial charge in [-0.15, -0.1) is 11.8 Å². The third-order valence-electron chi connectivity index (χ3n) is 5.89. The van der Waals surface area contributed by atoms with Gasteiger partial charge in [-0.25, -0.2) is 0 Å². The van der Waals surface area contributed by atoms with Crippen molar-refractivity contribution in [1.82, 2.24) is 5.32 Å². The maximum absolute atomic E-state index is 13.3. The van der Waals surface area contributed by atoms with Crippen molar-refractivity contribution in [2.45, 2.75) is 11.8 Å². The number of ether oxygens (including phenoxy) is 1. The quantitative estimate of drug-likeness (QED) is 0.140. The Morgan fingerprint density at radius 1 is 0.878 bits per heavy atom. The fourth-order valence-corrected chi connectivity index (χ4v) is 4.61. The van der Waals surface area contributed by atoms with Gasteiger partial charge in [-0.05, 0) is 84.8 Å². The van der Waals surface area contributed by atoms with Crippen LogP contribution in [0.15, 0.2) is 108 Å². The second kappa shape index (κ2) is 14.2. The predicted octanol–water partition coefficient (Wildman–Crippen LogP) is 6.80. The van der Waals surface area contributed by atoms with E-state index in [9.17, 15) is 14.4 Å². The van der Waals surface area contributed by atoms with Crippen LogP contribution < -0.4 is 20.7 Å². The molecule has 7 nitrogen and oxygen atoms in total. The molecule has 0 aliphatic heterocycles. The van der Waals surface area contributed by atoms with E-state index < -0.39 is 11.8 Å². The van der Waals surface area contributed by atoms with E-state index >= 15 is 0 Å². The molecule has 0 radical (unpaired) electrons. The molecule has 4 rings (SSSR count). The number of carbonyl (C=O) groups excluding carboxylic acids is 3. The van der Waals surface area contributed by atoms with Crippen molar-refractivity contribution in [3.8, 4) is 5.75 Å². The average Bonchev–Trinajstić information content (AvgIpc) is 2.98. The highest BCUT2D eigenvalue weighted by Crippen LogP contribution is 2.23. The van der Waals surface area contributed by atoms with E-state index in [1.54, 1.807) is 86.0 Å². The summed E-state index contributed by atoms with van der Waals surface area (Å²) < 4.78 is 5.28. The Bertz CT molecular complexity index is 1570. The molecule has 208 valence electrons. The summed E-state index contributed by atoms with van der Waals surface area (Å²) in [6.45, 7) is 1.90. The zero-order valence-electron chi connectivity index (χ0n) is 22.4. The molecule has 0 fully saturated rings. The van der Waals surface area contributed by atoms with Crippen molar-refractivity contribution >= 4 is 58.5 Å². The topological polar surface area (TPSA) is 96.5 Å². The van der Waals surface area contributed by atoms with E-state index in [1.807, 2.05) is 31.2 Å². The number of halogens is 1. The van der Waals surface area contributed by atoms with E-state index in [4.69, 9.17) is 16.3 Å². The van der Waals surface area contributed by atoms with Crippen LogP contribution in [-0.2, 0) is 9.59 Å². The Balaban J connectivity index is 1.42. The van der Waals surface area contributed by atoms with Crippen LogP contribution in [0.1, 0.15) is 21.5 Å². The molecule has 0 heterocycles. The number of amides is 3. The van der Waals surface area contributed by atoms with E-state index in [1.165, 1.54) is 11.8 Å². The number of carbonyl (C=O) groups is 3. The Morgan fingerprint density at radius 3 is 2.37 bits per heavy atom. The highest BCUT2D eigenvalue weighted by atomic mass is 35.5. The van der Waals surface area contributed by atoms with Crippen molar-refractivity contribution in [3.63, 3.8) is 0 Å². The Hall–Kier alpha value is -4.53. The summed E-state index contributed by atoms with van der Waals surface area (Å²) >= 11 is 7.40. The molecule has 0 unspecified atom stereocenters. The second-order valence-electron chi connectivity index (χ2n) is 8.93. The molecule has 0 aliphatic rings. The summed E-state index contributed by atoms with van der Waals surface area (Å²) in [4.78, 5) is 39.4. The number of rotatable bonds is 10. The minimum Gasteiger partial charge on any atom is -0.497 e. The molecule has 0 atom stereocenters. The Kier molecular flexibility index (Phi) is 10.2. The molecular formula is C32H28ClN3O4S. The SMILES string of the molecule is COc1cccc(/C=C(\NC(=O)c2ccccc2)C(=O)Nc2ccc(SCC(=O)Nc3cc(Cl)ccc3C)cc2)c1. The van der Waals surface area contributed by atoms with Crippen LogP contribution >= 0.6 is 23.4 Å². The number of hydrogen-bond acceptors (Lipinski definition) is 5. The molecule has 4 aromatic rings. The molecule has 3 amide bonds. The highest BCUT2D eigenvalue weighted by Gasteiger charge is 2.15. The molecule has 3 N–H and O–H groups in total. The summed E-state index contributed by atoms with van der Waals surface area (Å²) in [5.41, 5.74) is 3.31. The lowest BCUT2D eigenvalue weighted by Crippen LogP contribution is -2.30. The molecule has 0 saturated carbocycles. The summed E-state index contributed by atoms with van der Waals surface area (Å²) in [5.74, 6) is -0.227. The van der Waals surface area contributed by atoms with Crippen molar-refractivity contribution in [2.24, 2.45) is 0 Å². The van der Waals surface area contributed by atoms with Crippen LogP contribution in [0, 0.1) is 6.92 Å². The van der Waals surface area contributed by atoms with Gasteiger partial charge in [0.15, 0.2) is 0 Å². The third-order valence-corrected chi connectivity index (χ3v) is 7.14. The number of benzene rings is 4. The lowest BCUT2D eigenvalue weighted by molar-refractivity contribution is -0.114. The fraction of sp³-hybridized carbons (Fsp3) is 0.0938. The Morgan fingerprint density at radius 2 is 1.63 bits per heavy atom. The normalized spacial score (nSPS) is 11.0. The predicted molar refractivity (Wildman–Crippen MR) is 165 cm³/mol. The van der Waals surface area contributed by atoms with Crippen LogP contribution in [0.25, 0.3) is 6.08 Å². The molecule has 9 heteroatoms. The molecule has 0 spiro atoms. The van der Waals surface area contributed by atoms with Gasteiger partial charge in [0.1, 0.15) is 11.4 Å². The molecule has 0 aliphatic carbocycles. The van der Waals surface area contributed by atoms with Crippen molar-refractivity contribution in [1.29, 1.82) is 0 Å². The van der Waals surface area contributed by atoms with E-state index in [2.05, 4.69) is 16.0 Å². The van der Waals surface area contributed by atoms with Gasteiger partial charge < -0.3 is 20.7 Å². The molecule has 4 aromatic carbocycles. The number of thioether (sulfide) groups is 1. The van der Waals surface area contributed by atoms with Gasteiger partial charge in [0, 0.05) is 26.9 Å². The summed E-state index contributed by atoms with van der Waals surface area (Å²) in [6.07, 6.45) is 1.59. The Labute approximate surface area is 248 Å². The standard InChI is InChI=1S/C32H28ClN3O4S/c1-21-11-12-24(33)19-28(21)35-30(37)20-41-27-15-13-25(14-16-27)34-32(39)29(18-22-7-6-10-26(17-22)40-2)36-31(38)23-8-4-3-5-9-23/h3-19H,20H2,1-2H3,(H,34,39)(H,35,37)(H,36,38)/b29-18-. The summed E-state index contributed by atoms with van der Waals surface area (Å²) in [5, 5.41) is 8.98. The maximum Gasteiger partial charge on any atom is 0.272 e. The molecule has 0 aromatic heterocycles. The number of anilines is 2. The lowest BCUT2D eigenvalue weighted by Gasteiger charge is -2.12. The zero-order chi connectivity index (χ0) is 29.2. The first-order valence-electron chi connectivity index (χ1n) is 12.6. The van der Waals surface area contributed by atoms with Gasteiger partial charge in [0.2, 0.25) is 5.91 Å². The first kappa shape index (κ1) is 29.5. The number of hydrogen-bond donors (Lipinski definition) is 3. The number of aryl methyl sites for hydroxylation is 1. The van der Waals surface area contributed by atoms with Gasteiger partial charge in [-0.2, -0.15) is 0 Å². The zero-order valence-corrected chi connectivity index (χ0v) is 24.0. The van der Waals surface area contributed by atoms with Crippen LogP contribution in [-0.4, -0.2) is 30.6 Å². The molecule has 0 bridgehead atoms. The minimum absolute atomic E-state index is 0.0681. The van der Waals surface area contributed by atoms with Crippen molar-refractivity contribution in [3.05, 3.63) is 124 Å². The molecular weight excluding hydrogens is 558 g/mol. The molecule has 0 saturated heterocycles. The van der Waals surface area contributed by atoms with Gasteiger partial charge >= 0.3 is 0 Å². The van der Waals surface area contributed by atoms with E-state index in [0.717, 1.165) is 10.5 Å². The second-order valence-corrected chi connectivity index (χ2v) is 10.4. The monoisotopic (exact) mass is 585 g/mol. The number of methoxy groups -OCH3 is 1. The maximum atomic E-state index is 13.3. The first-order valence-corrected chi connectivity index (χ1v) is 14.0. The largest absolute Gasteiger partial charge is 0.497 e. The van der Waals surface area contributed by atoms with Crippen LogP contribution in [0.5, 0.6) is 5.75 Å². The first-order chi connectivity index (χ1) is 19.8. The molecule has 41 heavy (non-hydrogen) atoms. The number of nitrogens with one attached hydrogen (secondary N) is 3. The highest BCUT2D eigenvalue weighted by molar-refractivity contribution is 8.00. The summed E-state index contributed by atoms with van der Waals surface area (Å²) in [7, 11) is 1.56. The van der Waals surface area contributed by atoms with Crippen molar-refractivity contribution < 1.29 is 19.1 Å². The van der Waals surface area contributed by atoms with Gasteiger partial charge in [0.05, 0.1) is 12.9 Å². The van der Waals surface area contributed by atoms with Crippen LogP contribution in [0.3, 0.4) is 0 Å². The fourth-order valence-electron chi connectivity index (χ4n) is 3.74. The van der Waals surface area contributed by atoms with E-state index in [0.29, 0.717) is 33.3 Å². The minimum atomic E-state index is -0.492. The lowest BCUT2D eigenvalue weighted by atomic mass is 10.1. The van der Waals surface area contributed by atoms with Crippen LogP contribution in [0.2, 0.25) is 5.02 Å². The van der Waals surface area contributed by atoms with Crippen molar-refractivity contribution in [2.75, 3.05) is 23.5 Å².